The first-order chi connectivity index (χ1) is 14.4. The zero-order valence-electron chi connectivity index (χ0n) is 17.1. The highest BCUT2D eigenvalue weighted by Crippen LogP contribution is 2.14. The molecule has 0 aliphatic rings. The Kier molecular flexibility index (Phi) is 12.6. The number of aliphatic carboxylic acids is 1. The third kappa shape index (κ3) is 11.2. The third-order valence-corrected chi connectivity index (χ3v) is 4.59. The van der Waals surface area contributed by atoms with E-state index in [1.807, 2.05) is 0 Å². The summed E-state index contributed by atoms with van der Waals surface area (Å²) in [6, 6.07) is 5.31. The van der Waals surface area contributed by atoms with Gasteiger partial charge in [0.05, 0.1) is 12.2 Å². The summed E-state index contributed by atoms with van der Waals surface area (Å²) in [5.74, 6) is -1.74. The first-order valence-corrected chi connectivity index (χ1v) is 10.3. The molecular formula is C22H30NO7. The van der Waals surface area contributed by atoms with Gasteiger partial charge in [0.25, 0.3) is 0 Å². The van der Waals surface area contributed by atoms with Gasteiger partial charge >= 0.3 is 11.9 Å². The molecule has 1 atom stereocenters. The van der Waals surface area contributed by atoms with Gasteiger partial charge in [-0.3, -0.25) is 9.59 Å². The smallest absolute Gasteiger partial charge is 0.335 e. The van der Waals surface area contributed by atoms with Gasteiger partial charge in [-0.05, 0) is 43.5 Å². The number of aromatic carboxylic acids is 1. The zero-order valence-corrected chi connectivity index (χ0v) is 17.1. The van der Waals surface area contributed by atoms with E-state index >= 15 is 0 Å². The lowest BCUT2D eigenvalue weighted by Gasteiger charge is -2.12. The quantitative estimate of drug-likeness (QED) is 0.330. The number of benzene rings is 1. The highest BCUT2D eigenvalue weighted by atomic mass is 16.5. The number of amides is 1. The summed E-state index contributed by atoms with van der Waals surface area (Å²) in [7, 11) is 0. The molecule has 0 heterocycles. The lowest BCUT2D eigenvalue weighted by atomic mass is 10.1. The first kappa shape index (κ1) is 25.1. The van der Waals surface area contributed by atoms with Gasteiger partial charge in [0, 0.05) is 12.8 Å². The molecule has 0 spiro atoms. The van der Waals surface area contributed by atoms with E-state index in [0.29, 0.717) is 18.8 Å². The molecule has 3 N–H and O–H groups in total. The van der Waals surface area contributed by atoms with Gasteiger partial charge in [0.2, 0.25) is 5.91 Å². The number of carbonyl (C=O) groups excluding carboxylic acids is 2. The van der Waals surface area contributed by atoms with Crippen LogP contribution in [0.3, 0.4) is 0 Å². The van der Waals surface area contributed by atoms with Gasteiger partial charge in [-0.15, -0.1) is 0 Å². The second kappa shape index (κ2) is 15.0. The minimum atomic E-state index is -1.14. The molecule has 1 amide bonds. The van der Waals surface area contributed by atoms with Crippen LogP contribution in [0.4, 0.5) is 0 Å². The average Bonchev–Trinajstić information content (AvgIpc) is 2.72. The topological polar surface area (TPSA) is 130 Å². The van der Waals surface area contributed by atoms with Crippen molar-refractivity contribution in [3.05, 3.63) is 29.8 Å². The van der Waals surface area contributed by atoms with E-state index in [1.54, 1.807) is 18.4 Å². The molecule has 0 aliphatic heterocycles. The normalized spacial score (nSPS) is 11.5. The molecule has 0 aromatic heterocycles. The maximum Gasteiger partial charge on any atom is 0.335 e. The van der Waals surface area contributed by atoms with Crippen molar-refractivity contribution in [1.82, 2.24) is 5.32 Å². The second-order valence-corrected chi connectivity index (χ2v) is 7.04. The summed E-state index contributed by atoms with van der Waals surface area (Å²) in [6.45, 7) is 0.583. The molecule has 1 unspecified atom stereocenters. The van der Waals surface area contributed by atoms with E-state index in [-0.39, 0.29) is 30.7 Å². The van der Waals surface area contributed by atoms with E-state index in [2.05, 4.69) is 5.32 Å². The van der Waals surface area contributed by atoms with Crippen molar-refractivity contribution in [2.75, 3.05) is 6.61 Å². The number of hydrogen-bond acceptors (Lipinski definition) is 5. The summed E-state index contributed by atoms with van der Waals surface area (Å²) in [4.78, 5) is 43.8. The second-order valence-electron chi connectivity index (χ2n) is 7.04. The lowest BCUT2D eigenvalue weighted by molar-refractivity contribution is -0.142. The van der Waals surface area contributed by atoms with Crippen LogP contribution in [0.2, 0.25) is 0 Å². The average molecular weight is 420 g/mol. The number of carbonyl (C=O) groups is 3. The molecule has 0 bridgehead atoms. The van der Waals surface area contributed by atoms with E-state index in [0.717, 1.165) is 38.5 Å². The summed E-state index contributed by atoms with van der Waals surface area (Å²) in [6.07, 6.45) is 8.64. The Balaban J connectivity index is 2.00. The standard InChI is InChI=1S/C22H30NO7/c24-15-8-9-19(22(28)29)23-20(25)10-6-4-2-1-3-5-7-16-30-18-13-11-17(12-14-18)21(26)27/h11-14,19H,1-10,16H2,(H,23,25)(H,26,27)(H,28,29). The molecular weight excluding hydrogens is 390 g/mol. The van der Waals surface area contributed by atoms with Crippen LogP contribution in [0.15, 0.2) is 24.3 Å². The number of unbranched alkanes of at least 4 members (excludes halogenated alkanes) is 6. The van der Waals surface area contributed by atoms with Gasteiger partial charge in [-0.25, -0.2) is 9.59 Å². The van der Waals surface area contributed by atoms with Crippen LogP contribution in [-0.4, -0.2) is 47.0 Å². The Bertz CT molecular complexity index is 673. The summed E-state index contributed by atoms with van der Waals surface area (Å²) < 4.78 is 5.58. The maximum atomic E-state index is 11.8. The summed E-state index contributed by atoms with van der Waals surface area (Å²) in [5, 5.41) is 20.3. The minimum Gasteiger partial charge on any atom is -0.494 e. The molecule has 1 aromatic carbocycles. The molecule has 1 radical (unpaired) electrons. The predicted molar refractivity (Wildman–Crippen MR) is 110 cm³/mol. The molecule has 1 aromatic rings. The van der Waals surface area contributed by atoms with Crippen molar-refractivity contribution in [3.8, 4) is 5.75 Å². The van der Waals surface area contributed by atoms with E-state index < -0.39 is 18.0 Å². The van der Waals surface area contributed by atoms with Crippen LogP contribution in [0.5, 0.6) is 5.75 Å². The Morgan fingerprint density at radius 2 is 1.53 bits per heavy atom. The Morgan fingerprint density at radius 1 is 0.933 bits per heavy atom. The fourth-order valence-electron chi connectivity index (χ4n) is 2.88. The predicted octanol–water partition coefficient (Wildman–Crippen LogP) is 3.34. The van der Waals surface area contributed by atoms with Gasteiger partial charge < -0.3 is 20.3 Å². The van der Waals surface area contributed by atoms with Gasteiger partial charge in [-0.1, -0.05) is 32.1 Å². The largest absolute Gasteiger partial charge is 0.494 e. The molecule has 30 heavy (non-hydrogen) atoms. The van der Waals surface area contributed by atoms with Crippen LogP contribution in [0, 0.1) is 0 Å². The van der Waals surface area contributed by atoms with Crippen LogP contribution in [0.1, 0.15) is 74.6 Å². The number of nitrogens with one attached hydrogen (secondary N) is 1. The van der Waals surface area contributed by atoms with Crippen LogP contribution in [-0.2, 0) is 14.4 Å². The number of ether oxygens (including phenoxy) is 1. The Morgan fingerprint density at radius 3 is 2.10 bits per heavy atom. The molecule has 1 rings (SSSR count). The van der Waals surface area contributed by atoms with E-state index in [1.165, 1.54) is 12.1 Å². The SMILES string of the molecule is O=[C]CCC(NC(=O)CCCCCCCCCOc1ccc(C(=O)O)cc1)C(=O)O. The lowest BCUT2D eigenvalue weighted by Crippen LogP contribution is -2.40. The first-order valence-electron chi connectivity index (χ1n) is 10.3. The van der Waals surface area contributed by atoms with Crippen molar-refractivity contribution < 1.29 is 34.1 Å². The van der Waals surface area contributed by atoms with E-state index in [9.17, 15) is 19.2 Å². The van der Waals surface area contributed by atoms with Crippen molar-refractivity contribution in [2.24, 2.45) is 0 Å². The fraction of sp³-hybridized carbons (Fsp3) is 0.545. The maximum absolute atomic E-state index is 11.8. The fourth-order valence-corrected chi connectivity index (χ4v) is 2.88. The molecule has 0 saturated heterocycles. The molecule has 165 valence electrons. The highest BCUT2D eigenvalue weighted by Gasteiger charge is 2.19. The van der Waals surface area contributed by atoms with Crippen molar-refractivity contribution in [3.63, 3.8) is 0 Å². The van der Waals surface area contributed by atoms with Crippen LogP contribution < -0.4 is 10.1 Å². The van der Waals surface area contributed by atoms with Crippen molar-refractivity contribution >= 4 is 24.1 Å². The van der Waals surface area contributed by atoms with Crippen molar-refractivity contribution in [2.45, 2.75) is 70.3 Å². The third-order valence-electron chi connectivity index (χ3n) is 4.59. The highest BCUT2D eigenvalue weighted by molar-refractivity contribution is 5.87. The van der Waals surface area contributed by atoms with Gasteiger partial charge in [-0.2, -0.15) is 0 Å². The number of hydrogen-bond donors (Lipinski definition) is 3. The van der Waals surface area contributed by atoms with Crippen LogP contribution >= 0.6 is 0 Å². The van der Waals surface area contributed by atoms with Crippen LogP contribution in [0.25, 0.3) is 0 Å². The molecule has 0 saturated carbocycles. The van der Waals surface area contributed by atoms with E-state index in [4.69, 9.17) is 14.9 Å². The van der Waals surface area contributed by atoms with Crippen molar-refractivity contribution in [1.29, 1.82) is 0 Å². The number of carboxylic acid groups (broad SMARTS) is 2. The Labute approximate surface area is 176 Å². The summed E-state index contributed by atoms with van der Waals surface area (Å²) >= 11 is 0. The molecule has 8 heteroatoms. The Hall–Kier alpha value is -2.90. The molecule has 8 nitrogen and oxygen atoms in total. The molecule has 0 fully saturated rings. The summed E-state index contributed by atoms with van der Waals surface area (Å²) in [5.41, 5.74) is 0.234. The number of rotatable bonds is 17. The van der Waals surface area contributed by atoms with Gasteiger partial charge in [0.1, 0.15) is 11.8 Å². The number of carboxylic acids is 2. The minimum absolute atomic E-state index is 0.0146. The zero-order chi connectivity index (χ0) is 22.2. The monoisotopic (exact) mass is 420 g/mol. The molecule has 0 aliphatic carbocycles. The van der Waals surface area contributed by atoms with Gasteiger partial charge in [0.15, 0.2) is 6.29 Å².